The smallest absolute Gasteiger partial charge is 0.338 e. The van der Waals surface area contributed by atoms with Gasteiger partial charge in [-0.25, -0.2) is 9.78 Å². The molecule has 1 aromatic carbocycles. The second kappa shape index (κ2) is 7.11. The highest BCUT2D eigenvalue weighted by molar-refractivity contribution is 6.33. The third-order valence-electron chi connectivity index (χ3n) is 2.56. The van der Waals surface area contributed by atoms with Crippen molar-refractivity contribution in [3.8, 4) is 0 Å². The fourth-order valence-corrected chi connectivity index (χ4v) is 1.74. The van der Waals surface area contributed by atoms with Crippen LogP contribution < -0.4 is 11.1 Å². The highest BCUT2D eigenvalue weighted by Gasteiger charge is 2.12. The summed E-state index contributed by atoms with van der Waals surface area (Å²) >= 11 is 11.4. The Morgan fingerprint density at radius 1 is 1.23 bits per heavy atom. The first-order chi connectivity index (χ1) is 10.5. The summed E-state index contributed by atoms with van der Waals surface area (Å²) in [5, 5.41) is 3.25. The summed E-state index contributed by atoms with van der Waals surface area (Å²) in [6.45, 7) is -0.453. The second-order valence-electron chi connectivity index (χ2n) is 4.22. The van der Waals surface area contributed by atoms with Crippen LogP contribution in [0.3, 0.4) is 0 Å². The fraction of sp³-hybridized carbons (Fsp3) is 0.0714. The van der Waals surface area contributed by atoms with Crippen LogP contribution in [0.4, 0.5) is 11.5 Å². The maximum atomic E-state index is 11.8. The maximum absolute atomic E-state index is 11.8. The van der Waals surface area contributed by atoms with Crippen molar-refractivity contribution in [1.29, 1.82) is 0 Å². The normalized spacial score (nSPS) is 10.1. The summed E-state index contributed by atoms with van der Waals surface area (Å²) in [6.07, 6.45) is 1.39. The molecule has 3 N–H and O–H groups in total. The molecule has 0 saturated carbocycles. The molecule has 0 spiro atoms. The Labute approximate surface area is 136 Å². The topological polar surface area (TPSA) is 94.3 Å². The standard InChI is InChI=1S/C14H11Cl2N3O3/c15-9-2-4-12(18-6-9)19-13(20)7-22-14(21)8-1-3-10(16)11(17)5-8/h1-6H,7,17H2,(H,18,19,20). The SMILES string of the molecule is Nc1cc(C(=O)OCC(=O)Nc2ccc(Cl)cn2)ccc1Cl. The van der Waals surface area contributed by atoms with Crippen molar-refractivity contribution < 1.29 is 14.3 Å². The lowest BCUT2D eigenvalue weighted by Crippen LogP contribution is -2.21. The molecular formula is C14H11Cl2N3O3. The van der Waals surface area contributed by atoms with E-state index in [2.05, 4.69) is 10.3 Å². The molecule has 1 amide bonds. The van der Waals surface area contributed by atoms with Crippen molar-refractivity contribution in [3.05, 3.63) is 52.1 Å². The highest BCUT2D eigenvalue weighted by atomic mass is 35.5. The first-order valence-electron chi connectivity index (χ1n) is 6.09. The van der Waals surface area contributed by atoms with Crippen LogP contribution in [0.2, 0.25) is 10.0 Å². The van der Waals surface area contributed by atoms with Gasteiger partial charge in [0.05, 0.1) is 21.3 Å². The minimum atomic E-state index is -0.678. The predicted octanol–water partition coefficient (Wildman–Crippen LogP) is 2.77. The molecule has 8 heteroatoms. The van der Waals surface area contributed by atoms with E-state index in [0.29, 0.717) is 15.9 Å². The van der Waals surface area contributed by atoms with Crippen LogP contribution in [0.25, 0.3) is 0 Å². The zero-order valence-corrected chi connectivity index (χ0v) is 12.7. The number of carbonyl (C=O) groups is 2. The molecule has 2 rings (SSSR count). The number of rotatable bonds is 4. The van der Waals surface area contributed by atoms with Gasteiger partial charge in [-0.1, -0.05) is 23.2 Å². The van der Waals surface area contributed by atoms with Crippen LogP contribution in [-0.4, -0.2) is 23.5 Å². The number of nitrogens with zero attached hydrogens (tertiary/aromatic N) is 1. The molecule has 6 nitrogen and oxygen atoms in total. The van der Waals surface area contributed by atoms with E-state index < -0.39 is 18.5 Å². The van der Waals surface area contributed by atoms with Gasteiger partial charge in [0, 0.05) is 6.20 Å². The number of halogens is 2. The molecule has 0 aliphatic carbocycles. The Morgan fingerprint density at radius 2 is 2.00 bits per heavy atom. The molecule has 0 aliphatic heterocycles. The van der Waals surface area contributed by atoms with Crippen LogP contribution in [0, 0.1) is 0 Å². The maximum Gasteiger partial charge on any atom is 0.338 e. The van der Waals surface area contributed by atoms with Gasteiger partial charge in [0.15, 0.2) is 6.61 Å². The first kappa shape index (κ1) is 16.1. The number of esters is 1. The third kappa shape index (κ3) is 4.34. The molecule has 0 radical (unpaired) electrons. The average molecular weight is 340 g/mol. The number of hydrogen-bond donors (Lipinski definition) is 2. The van der Waals surface area contributed by atoms with E-state index in [1.807, 2.05) is 0 Å². The largest absolute Gasteiger partial charge is 0.452 e. The van der Waals surface area contributed by atoms with Gasteiger partial charge in [-0.2, -0.15) is 0 Å². The average Bonchev–Trinajstić information content (AvgIpc) is 2.50. The van der Waals surface area contributed by atoms with Crippen molar-refractivity contribution in [2.45, 2.75) is 0 Å². The molecule has 114 valence electrons. The van der Waals surface area contributed by atoms with Crippen molar-refractivity contribution in [3.63, 3.8) is 0 Å². The monoisotopic (exact) mass is 339 g/mol. The number of ether oxygens (including phenoxy) is 1. The van der Waals surface area contributed by atoms with Crippen molar-refractivity contribution in [1.82, 2.24) is 4.98 Å². The molecular weight excluding hydrogens is 329 g/mol. The van der Waals surface area contributed by atoms with Gasteiger partial charge < -0.3 is 15.8 Å². The van der Waals surface area contributed by atoms with Gasteiger partial charge >= 0.3 is 5.97 Å². The van der Waals surface area contributed by atoms with Crippen molar-refractivity contribution >= 4 is 46.6 Å². The Morgan fingerprint density at radius 3 is 2.64 bits per heavy atom. The minimum absolute atomic E-state index is 0.208. The lowest BCUT2D eigenvalue weighted by Gasteiger charge is -2.07. The molecule has 0 atom stereocenters. The highest BCUT2D eigenvalue weighted by Crippen LogP contribution is 2.19. The number of anilines is 2. The summed E-state index contributed by atoms with van der Waals surface area (Å²) in [7, 11) is 0. The molecule has 2 aromatic rings. The fourth-order valence-electron chi connectivity index (χ4n) is 1.51. The number of nitrogens with one attached hydrogen (secondary N) is 1. The molecule has 0 saturated heterocycles. The quantitative estimate of drug-likeness (QED) is 0.659. The number of nitrogens with two attached hydrogens (primary N) is 1. The molecule has 0 aliphatic rings. The summed E-state index contributed by atoms with van der Waals surface area (Å²) in [5.41, 5.74) is 6.05. The van der Waals surface area contributed by atoms with Gasteiger partial charge in [0.1, 0.15) is 5.82 Å². The lowest BCUT2D eigenvalue weighted by molar-refractivity contribution is -0.119. The summed E-state index contributed by atoms with van der Waals surface area (Å²) in [6, 6.07) is 7.42. The Balaban J connectivity index is 1.88. The van der Waals surface area contributed by atoms with E-state index in [1.165, 1.54) is 30.5 Å². The Bertz CT molecular complexity index is 705. The Kier molecular flexibility index (Phi) is 5.19. The van der Waals surface area contributed by atoms with Crippen LogP contribution in [0.1, 0.15) is 10.4 Å². The van der Waals surface area contributed by atoms with E-state index in [-0.39, 0.29) is 11.3 Å². The summed E-state index contributed by atoms with van der Waals surface area (Å²) in [4.78, 5) is 27.3. The van der Waals surface area contributed by atoms with Gasteiger partial charge in [0.2, 0.25) is 0 Å². The van der Waals surface area contributed by atoms with Crippen molar-refractivity contribution in [2.75, 3.05) is 17.7 Å². The number of nitrogen functional groups attached to an aromatic ring is 1. The van der Waals surface area contributed by atoms with Gasteiger partial charge in [0.25, 0.3) is 5.91 Å². The third-order valence-corrected chi connectivity index (χ3v) is 3.13. The number of carbonyl (C=O) groups excluding carboxylic acids is 2. The molecule has 1 heterocycles. The zero-order valence-electron chi connectivity index (χ0n) is 11.2. The number of aromatic nitrogens is 1. The summed E-state index contributed by atoms with van der Waals surface area (Å²) in [5.74, 6) is -0.895. The lowest BCUT2D eigenvalue weighted by atomic mass is 10.2. The van der Waals surface area contributed by atoms with E-state index in [9.17, 15) is 9.59 Å². The van der Waals surface area contributed by atoms with E-state index in [0.717, 1.165) is 0 Å². The zero-order chi connectivity index (χ0) is 16.1. The van der Waals surface area contributed by atoms with E-state index >= 15 is 0 Å². The van der Waals surface area contributed by atoms with Crippen LogP contribution in [0.15, 0.2) is 36.5 Å². The molecule has 0 unspecified atom stereocenters. The minimum Gasteiger partial charge on any atom is -0.452 e. The number of pyridine rings is 1. The predicted molar refractivity (Wildman–Crippen MR) is 84.0 cm³/mol. The first-order valence-corrected chi connectivity index (χ1v) is 6.85. The number of benzene rings is 1. The van der Waals surface area contributed by atoms with Gasteiger partial charge in [-0.15, -0.1) is 0 Å². The van der Waals surface area contributed by atoms with Gasteiger partial charge in [-0.05, 0) is 30.3 Å². The molecule has 0 bridgehead atoms. The molecule has 22 heavy (non-hydrogen) atoms. The number of amides is 1. The molecule has 0 fully saturated rings. The summed E-state index contributed by atoms with van der Waals surface area (Å²) < 4.78 is 4.88. The van der Waals surface area contributed by atoms with Gasteiger partial charge in [-0.3, -0.25) is 4.79 Å². The van der Waals surface area contributed by atoms with Crippen molar-refractivity contribution in [2.24, 2.45) is 0 Å². The number of hydrogen-bond acceptors (Lipinski definition) is 5. The van der Waals surface area contributed by atoms with Crippen LogP contribution in [-0.2, 0) is 9.53 Å². The van der Waals surface area contributed by atoms with E-state index in [1.54, 1.807) is 6.07 Å². The van der Waals surface area contributed by atoms with Crippen LogP contribution in [0.5, 0.6) is 0 Å². The second-order valence-corrected chi connectivity index (χ2v) is 5.07. The molecule has 1 aromatic heterocycles. The Hall–Kier alpha value is -2.31. The van der Waals surface area contributed by atoms with E-state index in [4.69, 9.17) is 33.7 Å². The van der Waals surface area contributed by atoms with Crippen LogP contribution >= 0.6 is 23.2 Å².